The van der Waals surface area contributed by atoms with E-state index < -0.39 is 115 Å². The molecule has 0 radical (unpaired) electrons. The highest BCUT2D eigenvalue weighted by molar-refractivity contribution is 5.98. The number of nitrogens with zero attached hydrogens (tertiary/aromatic N) is 1. The van der Waals surface area contributed by atoms with Gasteiger partial charge in [0, 0.05) is 19.4 Å². The van der Waals surface area contributed by atoms with Gasteiger partial charge in [0.2, 0.25) is 35.4 Å². The number of hydrogen-bond acceptors (Lipinski definition) is 13. The number of aliphatic carboxylic acids is 3. The van der Waals surface area contributed by atoms with E-state index in [9.17, 15) is 58.5 Å². The monoisotopic (exact) mass is 823 g/mol. The van der Waals surface area contributed by atoms with Crippen molar-refractivity contribution in [1.82, 2.24) is 26.6 Å². The number of carboxylic acids is 3. The molecule has 0 saturated heterocycles. The maximum Gasteiger partial charge on any atom is 0.326 e. The Balaban J connectivity index is 3.41. The summed E-state index contributed by atoms with van der Waals surface area (Å²) < 4.78 is 0. The molecule has 1 rings (SSSR count). The first-order chi connectivity index (χ1) is 27.2. The van der Waals surface area contributed by atoms with Gasteiger partial charge in [-0.25, -0.2) is 4.79 Å². The molecule has 0 aromatic heterocycles. The van der Waals surface area contributed by atoms with Gasteiger partial charge in [-0.2, -0.15) is 0 Å². The van der Waals surface area contributed by atoms with Crippen LogP contribution in [0.1, 0.15) is 63.4 Å². The van der Waals surface area contributed by atoms with Gasteiger partial charge in [0.15, 0.2) is 5.96 Å². The fraction of sp³-hybridized carbons (Fsp3) is 0.529. The average Bonchev–Trinajstić information content (AvgIpc) is 3.13. The normalized spacial score (nSPS) is 13.8. The molecule has 1 aromatic rings. The standard InChI is InChI=1S/C34H53N11O13/c35-12-2-1-4-20(42-32(56)24(16-27(50)51)45-30(54)21(10-11-25(37)47)41-28(52)19(36)15-26(48)49)29(53)44-23(14-17-6-8-18(46)9-7-17)31(55)43-22(33(57)58)5-3-13-40-34(38)39/h6-9,19-24,46H,1-5,10-16,35-36H2,(H2,37,47)(H,41,52)(H,42,56)(H,43,55)(H,44,53)(H,45,54)(H,48,49)(H,50,51)(H,57,58)(H4,38,39,40)/t19-,20-,21-,22-,23-,24-/m0/s1. The Bertz CT molecular complexity index is 1640. The molecular formula is C34H53N11O13. The first-order valence-electron chi connectivity index (χ1n) is 18.0. The number of aromatic hydroxyl groups is 1. The van der Waals surface area contributed by atoms with E-state index in [4.69, 9.17) is 33.8 Å². The van der Waals surface area contributed by atoms with Crippen LogP contribution in [0, 0.1) is 0 Å². The highest BCUT2D eigenvalue weighted by Gasteiger charge is 2.34. The van der Waals surface area contributed by atoms with Crippen LogP contribution in [-0.2, 0) is 49.6 Å². The molecule has 0 bridgehead atoms. The number of hydrogen-bond donors (Lipinski definition) is 14. The van der Waals surface area contributed by atoms with Crippen molar-refractivity contribution in [3.8, 4) is 5.75 Å². The molecule has 0 unspecified atom stereocenters. The van der Waals surface area contributed by atoms with Crippen molar-refractivity contribution in [2.75, 3.05) is 13.1 Å². The fourth-order valence-electron chi connectivity index (χ4n) is 5.19. The van der Waals surface area contributed by atoms with Crippen molar-refractivity contribution < 1.29 is 63.6 Å². The van der Waals surface area contributed by atoms with E-state index in [1.54, 1.807) is 0 Å². The van der Waals surface area contributed by atoms with Crippen molar-refractivity contribution in [1.29, 1.82) is 0 Å². The van der Waals surface area contributed by atoms with Crippen LogP contribution < -0.4 is 55.3 Å². The molecule has 0 aliphatic heterocycles. The first-order valence-corrected chi connectivity index (χ1v) is 18.0. The van der Waals surface area contributed by atoms with Crippen LogP contribution in [-0.4, -0.2) is 129 Å². The summed E-state index contributed by atoms with van der Waals surface area (Å²) in [5.74, 6) is -11.0. The minimum absolute atomic E-state index is 0.0623. The van der Waals surface area contributed by atoms with Gasteiger partial charge in [-0.15, -0.1) is 0 Å². The Morgan fingerprint density at radius 3 is 1.62 bits per heavy atom. The van der Waals surface area contributed by atoms with E-state index in [1.807, 2.05) is 0 Å². The summed E-state index contributed by atoms with van der Waals surface area (Å²) in [6.07, 6.45) is -2.51. The van der Waals surface area contributed by atoms with Gasteiger partial charge >= 0.3 is 17.9 Å². The Morgan fingerprint density at radius 1 is 0.603 bits per heavy atom. The predicted octanol–water partition coefficient (Wildman–Crippen LogP) is -4.83. The largest absolute Gasteiger partial charge is 0.508 e. The number of aliphatic imine (C=N–C) groups is 1. The number of carbonyl (C=O) groups is 9. The van der Waals surface area contributed by atoms with Crippen LogP contribution in [0.25, 0.3) is 0 Å². The molecule has 0 aliphatic rings. The highest BCUT2D eigenvalue weighted by Crippen LogP contribution is 2.13. The van der Waals surface area contributed by atoms with Gasteiger partial charge in [-0.05, 0) is 62.8 Å². The van der Waals surface area contributed by atoms with Crippen LogP contribution in [0.2, 0.25) is 0 Å². The summed E-state index contributed by atoms with van der Waals surface area (Å²) in [5, 5.41) is 49.6. The third kappa shape index (κ3) is 19.9. The number of benzene rings is 1. The Labute approximate surface area is 332 Å². The van der Waals surface area contributed by atoms with Crippen LogP contribution in [0.15, 0.2) is 29.3 Å². The molecule has 322 valence electrons. The van der Waals surface area contributed by atoms with Crippen molar-refractivity contribution >= 4 is 59.3 Å². The molecule has 6 atom stereocenters. The van der Waals surface area contributed by atoms with E-state index in [0.29, 0.717) is 12.0 Å². The van der Waals surface area contributed by atoms with E-state index in [0.717, 1.165) is 0 Å². The molecule has 0 spiro atoms. The smallest absolute Gasteiger partial charge is 0.326 e. The number of nitrogens with two attached hydrogens (primary N) is 5. The third-order valence-electron chi connectivity index (χ3n) is 8.20. The number of carboxylic acid groups (broad SMARTS) is 3. The maximum absolute atomic E-state index is 13.8. The molecule has 1 aromatic carbocycles. The van der Waals surface area contributed by atoms with Crippen LogP contribution in [0.3, 0.4) is 0 Å². The van der Waals surface area contributed by atoms with E-state index in [2.05, 4.69) is 31.6 Å². The summed E-state index contributed by atoms with van der Waals surface area (Å²) in [6.45, 7) is 0.243. The third-order valence-corrected chi connectivity index (χ3v) is 8.20. The lowest BCUT2D eigenvalue weighted by Crippen LogP contribution is -2.60. The zero-order valence-electron chi connectivity index (χ0n) is 31.6. The lowest BCUT2D eigenvalue weighted by Gasteiger charge is -2.27. The summed E-state index contributed by atoms with van der Waals surface area (Å²) in [6, 6.07) is -4.04. The van der Waals surface area contributed by atoms with Gasteiger partial charge in [-0.1, -0.05) is 12.1 Å². The zero-order chi connectivity index (χ0) is 43.9. The predicted molar refractivity (Wildman–Crippen MR) is 203 cm³/mol. The quantitative estimate of drug-likeness (QED) is 0.0214. The summed E-state index contributed by atoms with van der Waals surface area (Å²) in [7, 11) is 0. The second-order valence-electron chi connectivity index (χ2n) is 13.1. The molecule has 24 heteroatoms. The van der Waals surface area contributed by atoms with Crippen molar-refractivity contribution in [3.63, 3.8) is 0 Å². The minimum Gasteiger partial charge on any atom is -0.508 e. The number of nitrogens with one attached hydrogen (secondary N) is 5. The highest BCUT2D eigenvalue weighted by atomic mass is 16.4. The lowest BCUT2D eigenvalue weighted by molar-refractivity contribution is -0.142. The second kappa shape index (κ2) is 25.6. The number of guanidine groups is 1. The van der Waals surface area contributed by atoms with Gasteiger partial charge in [0.1, 0.15) is 36.0 Å². The first kappa shape index (κ1) is 49.5. The molecule has 0 heterocycles. The number of phenols is 1. The number of phenolic OH excluding ortho intramolecular Hbond substituents is 1. The van der Waals surface area contributed by atoms with Crippen LogP contribution >= 0.6 is 0 Å². The van der Waals surface area contributed by atoms with E-state index >= 15 is 0 Å². The minimum atomic E-state index is -1.90. The maximum atomic E-state index is 13.8. The second-order valence-corrected chi connectivity index (χ2v) is 13.1. The molecule has 58 heavy (non-hydrogen) atoms. The summed E-state index contributed by atoms with van der Waals surface area (Å²) in [4.78, 5) is 117. The molecular weight excluding hydrogens is 770 g/mol. The van der Waals surface area contributed by atoms with Gasteiger partial charge in [-0.3, -0.25) is 43.3 Å². The van der Waals surface area contributed by atoms with Crippen LogP contribution in [0.5, 0.6) is 5.75 Å². The molecule has 6 amide bonds. The zero-order valence-corrected chi connectivity index (χ0v) is 31.6. The SMILES string of the molecule is NCCCC[C@H](NC(=O)[C@H](CC(=O)O)NC(=O)[C@H](CCC(N)=O)NC(=O)[C@@H](N)CC(=O)O)C(=O)N[C@@H](Cc1ccc(O)cc1)C(=O)N[C@@H](CCCN=C(N)N)C(=O)O. The summed E-state index contributed by atoms with van der Waals surface area (Å²) in [5.41, 5.74) is 27.4. The topological polar surface area (TPSA) is 437 Å². The number of amides is 6. The number of unbranched alkanes of at least 4 members (excludes halogenated alkanes) is 1. The summed E-state index contributed by atoms with van der Waals surface area (Å²) >= 11 is 0. The number of primary amides is 1. The van der Waals surface area contributed by atoms with Gasteiger partial charge in [0.25, 0.3) is 0 Å². The Morgan fingerprint density at radius 2 is 1.09 bits per heavy atom. The average molecular weight is 824 g/mol. The van der Waals surface area contributed by atoms with Crippen LogP contribution in [0.4, 0.5) is 0 Å². The van der Waals surface area contributed by atoms with Gasteiger partial charge in [0.05, 0.1) is 18.9 Å². The molecule has 24 nitrogen and oxygen atoms in total. The van der Waals surface area contributed by atoms with E-state index in [1.165, 1.54) is 24.3 Å². The van der Waals surface area contributed by atoms with Crippen molar-refractivity contribution in [2.45, 2.75) is 100 Å². The number of carbonyl (C=O) groups excluding carboxylic acids is 6. The molecule has 19 N–H and O–H groups in total. The lowest BCUT2D eigenvalue weighted by atomic mass is 10.0. The van der Waals surface area contributed by atoms with E-state index in [-0.39, 0.29) is 56.9 Å². The van der Waals surface area contributed by atoms with Crippen molar-refractivity contribution in [3.05, 3.63) is 29.8 Å². The van der Waals surface area contributed by atoms with Gasteiger partial charge < -0.3 is 75.7 Å². The fourth-order valence-corrected chi connectivity index (χ4v) is 5.19. The molecule has 0 aliphatic carbocycles. The Hall–Kier alpha value is -6.56. The molecule has 0 fully saturated rings. The number of rotatable bonds is 28. The van der Waals surface area contributed by atoms with Crippen molar-refractivity contribution in [2.24, 2.45) is 33.7 Å². The molecule has 0 saturated carbocycles. The Kier molecular flexibility index (Phi) is 21.8.